The Hall–Kier alpha value is -1.35. The lowest BCUT2D eigenvalue weighted by Crippen LogP contribution is -2.46. The van der Waals surface area contributed by atoms with Crippen molar-refractivity contribution in [1.82, 2.24) is 5.32 Å². The Morgan fingerprint density at radius 1 is 1.26 bits per heavy atom. The standard InChI is InChI=1S/C16H21NO2/c18-16(19)15(9-11-4-2-1-3-5-11)17-14-10-12-6-7-13(14)8-12/h1-5,12-15,17H,6-10H2,(H,18,19). The van der Waals surface area contributed by atoms with Crippen LogP contribution in [0.5, 0.6) is 0 Å². The molecule has 2 aliphatic carbocycles. The van der Waals surface area contributed by atoms with Gasteiger partial charge in [0.05, 0.1) is 0 Å². The zero-order chi connectivity index (χ0) is 13.2. The molecule has 0 amide bonds. The van der Waals surface area contributed by atoms with Gasteiger partial charge in [0, 0.05) is 6.04 Å². The van der Waals surface area contributed by atoms with Crippen molar-refractivity contribution in [3.8, 4) is 0 Å². The molecule has 0 radical (unpaired) electrons. The van der Waals surface area contributed by atoms with Crippen LogP contribution in [0, 0.1) is 11.8 Å². The molecule has 0 spiro atoms. The van der Waals surface area contributed by atoms with Crippen LogP contribution >= 0.6 is 0 Å². The molecule has 2 fully saturated rings. The van der Waals surface area contributed by atoms with Crippen LogP contribution in [0.15, 0.2) is 30.3 Å². The molecule has 4 unspecified atom stereocenters. The number of benzene rings is 1. The van der Waals surface area contributed by atoms with Crippen LogP contribution in [0.25, 0.3) is 0 Å². The second kappa shape index (κ2) is 5.33. The van der Waals surface area contributed by atoms with Crippen LogP contribution < -0.4 is 5.32 Å². The highest BCUT2D eigenvalue weighted by atomic mass is 16.4. The Morgan fingerprint density at radius 3 is 2.63 bits per heavy atom. The predicted octanol–water partition coefficient (Wildman–Crippen LogP) is 2.46. The van der Waals surface area contributed by atoms with E-state index in [1.165, 1.54) is 25.7 Å². The molecule has 0 saturated heterocycles. The van der Waals surface area contributed by atoms with Crippen LogP contribution in [0.3, 0.4) is 0 Å². The molecule has 1 aromatic rings. The van der Waals surface area contributed by atoms with Crippen molar-refractivity contribution in [2.45, 2.75) is 44.2 Å². The van der Waals surface area contributed by atoms with E-state index < -0.39 is 12.0 Å². The van der Waals surface area contributed by atoms with E-state index in [0.29, 0.717) is 18.4 Å². The highest BCUT2D eigenvalue weighted by Gasteiger charge is 2.40. The topological polar surface area (TPSA) is 49.3 Å². The first-order chi connectivity index (χ1) is 9.22. The second-order valence-corrected chi connectivity index (χ2v) is 6.03. The van der Waals surface area contributed by atoms with Crippen molar-refractivity contribution in [2.24, 2.45) is 11.8 Å². The van der Waals surface area contributed by atoms with Gasteiger partial charge in [0.2, 0.25) is 0 Å². The maximum absolute atomic E-state index is 11.4. The number of fused-ring (bicyclic) bond motifs is 2. The fourth-order valence-corrected chi connectivity index (χ4v) is 3.77. The van der Waals surface area contributed by atoms with Gasteiger partial charge in [-0.05, 0) is 43.1 Å². The average molecular weight is 259 g/mol. The van der Waals surface area contributed by atoms with Crippen LogP contribution in [0.2, 0.25) is 0 Å². The average Bonchev–Trinajstić information content (AvgIpc) is 3.01. The van der Waals surface area contributed by atoms with Crippen molar-refractivity contribution < 1.29 is 9.90 Å². The molecule has 2 bridgehead atoms. The summed E-state index contributed by atoms with van der Waals surface area (Å²) in [5, 5.41) is 12.8. The van der Waals surface area contributed by atoms with Gasteiger partial charge in [0.1, 0.15) is 6.04 Å². The summed E-state index contributed by atoms with van der Waals surface area (Å²) < 4.78 is 0. The van der Waals surface area contributed by atoms with Crippen molar-refractivity contribution in [3.05, 3.63) is 35.9 Å². The minimum absolute atomic E-state index is 0.420. The third kappa shape index (κ3) is 2.81. The zero-order valence-electron chi connectivity index (χ0n) is 11.1. The van der Waals surface area contributed by atoms with Gasteiger partial charge < -0.3 is 10.4 Å². The van der Waals surface area contributed by atoms with Crippen LogP contribution in [0.4, 0.5) is 0 Å². The minimum Gasteiger partial charge on any atom is -0.480 e. The zero-order valence-corrected chi connectivity index (χ0v) is 11.1. The lowest BCUT2D eigenvalue weighted by Gasteiger charge is -2.26. The van der Waals surface area contributed by atoms with Gasteiger partial charge in [0.15, 0.2) is 0 Å². The first-order valence-electron chi connectivity index (χ1n) is 7.25. The smallest absolute Gasteiger partial charge is 0.321 e. The lowest BCUT2D eigenvalue weighted by atomic mass is 9.94. The van der Waals surface area contributed by atoms with Gasteiger partial charge in [-0.2, -0.15) is 0 Å². The summed E-state index contributed by atoms with van der Waals surface area (Å²) in [6, 6.07) is 9.85. The summed E-state index contributed by atoms with van der Waals surface area (Å²) in [6.45, 7) is 0. The first-order valence-corrected chi connectivity index (χ1v) is 7.25. The minimum atomic E-state index is -0.730. The SMILES string of the molecule is O=C(O)C(Cc1ccccc1)NC1CC2CCC1C2. The van der Waals surface area contributed by atoms with Crippen molar-refractivity contribution in [3.63, 3.8) is 0 Å². The predicted molar refractivity (Wildman–Crippen MR) is 73.9 cm³/mol. The van der Waals surface area contributed by atoms with Crippen molar-refractivity contribution >= 4 is 5.97 Å². The second-order valence-electron chi connectivity index (χ2n) is 6.03. The number of carboxylic acids is 1. The van der Waals surface area contributed by atoms with Gasteiger partial charge >= 0.3 is 5.97 Å². The number of carbonyl (C=O) groups is 1. The molecule has 2 N–H and O–H groups in total. The third-order valence-electron chi connectivity index (χ3n) is 4.73. The van der Waals surface area contributed by atoms with E-state index >= 15 is 0 Å². The molecule has 1 aromatic carbocycles. The van der Waals surface area contributed by atoms with E-state index in [1.54, 1.807) is 0 Å². The molecular weight excluding hydrogens is 238 g/mol. The highest BCUT2D eigenvalue weighted by Crippen LogP contribution is 2.44. The molecule has 3 rings (SSSR count). The van der Waals surface area contributed by atoms with Crippen LogP contribution in [-0.2, 0) is 11.2 Å². The van der Waals surface area contributed by atoms with Crippen LogP contribution in [0.1, 0.15) is 31.2 Å². The van der Waals surface area contributed by atoms with Gasteiger partial charge in [-0.15, -0.1) is 0 Å². The summed E-state index contributed by atoms with van der Waals surface area (Å²) in [4.78, 5) is 11.4. The maximum Gasteiger partial charge on any atom is 0.321 e. The molecule has 3 heteroatoms. The molecule has 3 nitrogen and oxygen atoms in total. The largest absolute Gasteiger partial charge is 0.480 e. The summed E-state index contributed by atoms with van der Waals surface area (Å²) in [5.74, 6) is 0.822. The van der Waals surface area contributed by atoms with Gasteiger partial charge in [-0.25, -0.2) is 0 Å². The maximum atomic E-state index is 11.4. The van der Waals surface area contributed by atoms with Gasteiger partial charge in [-0.1, -0.05) is 36.8 Å². The number of aliphatic carboxylic acids is 1. The van der Waals surface area contributed by atoms with Crippen molar-refractivity contribution in [2.75, 3.05) is 0 Å². The highest BCUT2D eigenvalue weighted by molar-refractivity contribution is 5.74. The Labute approximate surface area is 114 Å². The molecule has 2 aliphatic rings. The van der Waals surface area contributed by atoms with E-state index in [9.17, 15) is 9.90 Å². The first kappa shape index (κ1) is 12.7. The van der Waals surface area contributed by atoms with E-state index in [-0.39, 0.29) is 0 Å². The molecule has 0 aromatic heterocycles. The molecule has 0 aliphatic heterocycles. The van der Waals surface area contributed by atoms with E-state index in [2.05, 4.69) is 5.32 Å². The third-order valence-corrected chi connectivity index (χ3v) is 4.73. The van der Waals surface area contributed by atoms with E-state index in [1.807, 2.05) is 30.3 Å². The molecular formula is C16H21NO2. The van der Waals surface area contributed by atoms with Crippen molar-refractivity contribution in [1.29, 1.82) is 0 Å². The fraction of sp³-hybridized carbons (Fsp3) is 0.562. The molecule has 2 saturated carbocycles. The molecule has 102 valence electrons. The fourth-order valence-electron chi connectivity index (χ4n) is 3.77. The van der Waals surface area contributed by atoms with Crippen LogP contribution in [-0.4, -0.2) is 23.2 Å². The quantitative estimate of drug-likeness (QED) is 0.854. The van der Waals surface area contributed by atoms with Gasteiger partial charge in [0.25, 0.3) is 0 Å². The summed E-state index contributed by atoms with van der Waals surface area (Å²) in [5.41, 5.74) is 1.09. The summed E-state index contributed by atoms with van der Waals surface area (Å²) >= 11 is 0. The van der Waals surface area contributed by atoms with E-state index in [0.717, 1.165) is 11.5 Å². The lowest BCUT2D eigenvalue weighted by molar-refractivity contribution is -0.139. The Morgan fingerprint density at radius 2 is 2.05 bits per heavy atom. The Balaban J connectivity index is 1.63. The number of hydrogen-bond donors (Lipinski definition) is 2. The summed E-state index contributed by atoms with van der Waals surface area (Å²) in [6.07, 6.45) is 5.67. The number of rotatable bonds is 5. The molecule has 4 atom stereocenters. The number of carboxylic acid groups (broad SMARTS) is 1. The molecule has 19 heavy (non-hydrogen) atoms. The van der Waals surface area contributed by atoms with Gasteiger partial charge in [-0.3, -0.25) is 4.79 Å². The normalized spacial score (nSPS) is 30.4. The Kier molecular flexibility index (Phi) is 3.56. The number of nitrogens with one attached hydrogen (secondary N) is 1. The van der Waals surface area contributed by atoms with E-state index in [4.69, 9.17) is 0 Å². The number of hydrogen-bond acceptors (Lipinski definition) is 2. The Bertz CT molecular complexity index is 445. The molecule has 0 heterocycles. The summed E-state index contributed by atoms with van der Waals surface area (Å²) in [7, 11) is 0. The monoisotopic (exact) mass is 259 g/mol.